The molecule has 0 aromatic heterocycles. The van der Waals surface area contributed by atoms with E-state index in [1.54, 1.807) is 0 Å². The van der Waals surface area contributed by atoms with Crippen LogP contribution in [0.2, 0.25) is 0 Å². The summed E-state index contributed by atoms with van der Waals surface area (Å²) in [5, 5.41) is 1.02. The highest BCUT2D eigenvalue weighted by Gasteiger charge is 2.18. The molecule has 0 radical (unpaired) electrons. The van der Waals surface area contributed by atoms with Gasteiger partial charge in [-0.2, -0.15) is 0 Å². The quantitative estimate of drug-likeness (QED) is 0.724. The van der Waals surface area contributed by atoms with Crippen molar-refractivity contribution in [2.24, 2.45) is 0 Å². The van der Waals surface area contributed by atoms with E-state index in [1.165, 1.54) is 16.7 Å². The van der Waals surface area contributed by atoms with Crippen molar-refractivity contribution in [1.29, 1.82) is 0 Å². The van der Waals surface area contributed by atoms with Gasteiger partial charge in [-0.3, -0.25) is 0 Å². The highest BCUT2D eigenvalue weighted by molar-refractivity contribution is 7.70. The fourth-order valence-corrected chi connectivity index (χ4v) is 3.34. The summed E-state index contributed by atoms with van der Waals surface area (Å²) in [6.07, 6.45) is 0. The Morgan fingerprint density at radius 3 is 1.88 bits per heavy atom. The van der Waals surface area contributed by atoms with E-state index < -0.39 is 7.14 Å². The lowest BCUT2D eigenvalue weighted by Gasteiger charge is -2.21. The largest absolute Gasteiger partial charge is 0.319 e. The van der Waals surface area contributed by atoms with Gasteiger partial charge in [0.15, 0.2) is 0 Å². The van der Waals surface area contributed by atoms with Crippen LogP contribution in [0.3, 0.4) is 0 Å². The van der Waals surface area contributed by atoms with Crippen LogP contribution in [0.15, 0.2) is 12.1 Å². The molecule has 0 fully saturated rings. The lowest BCUT2D eigenvalue weighted by atomic mass is 9.87. The fourth-order valence-electron chi connectivity index (χ4n) is 2.38. The Morgan fingerprint density at radius 2 is 1.53 bits per heavy atom. The molecular weight excluding hydrogens is 227 g/mol. The van der Waals surface area contributed by atoms with E-state index in [0.29, 0.717) is 11.8 Å². The molecule has 0 aliphatic rings. The van der Waals surface area contributed by atoms with Gasteiger partial charge in [0.2, 0.25) is 0 Å². The molecule has 1 aromatic rings. The number of rotatable bonds is 3. The minimum atomic E-state index is -2.16. The third-order valence-corrected chi connectivity index (χ3v) is 4.73. The first-order valence-electron chi connectivity index (χ1n) is 6.34. The molecule has 0 unspecified atom stereocenters. The lowest BCUT2D eigenvalue weighted by molar-refractivity contribution is 0.588. The van der Waals surface area contributed by atoms with Gasteiger partial charge in [-0.15, -0.1) is 0 Å². The Morgan fingerprint density at radius 1 is 1.00 bits per heavy atom. The third kappa shape index (κ3) is 3.22. The van der Waals surface area contributed by atoms with Gasteiger partial charge in [-0.25, -0.2) is 0 Å². The molecule has 0 atom stereocenters. The smallest absolute Gasteiger partial charge is 0.109 e. The molecule has 2 heteroatoms. The standard InChI is InChI=1S/C15H25OP/c1-10(2)14-9-13(17(6,7)16)8-12(5)15(14)11(3)4/h8-11H,1-7H3. The van der Waals surface area contributed by atoms with Gasteiger partial charge >= 0.3 is 0 Å². The van der Waals surface area contributed by atoms with E-state index >= 15 is 0 Å². The van der Waals surface area contributed by atoms with E-state index in [9.17, 15) is 4.57 Å². The molecule has 0 saturated carbocycles. The number of hydrogen-bond acceptors (Lipinski definition) is 1. The third-order valence-electron chi connectivity index (χ3n) is 3.22. The predicted molar refractivity (Wildman–Crippen MR) is 78.4 cm³/mol. The summed E-state index contributed by atoms with van der Waals surface area (Å²) in [7, 11) is -2.16. The van der Waals surface area contributed by atoms with Crippen LogP contribution in [0.1, 0.15) is 56.2 Å². The van der Waals surface area contributed by atoms with Crippen molar-refractivity contribution in [1.82, 2.24) is 0 Å². The normalized spacial score (nSPS) is 12.5. The number of hydrogen-bond donors (Lipinski definition) is 0. The van der Waals surface area contributed by atoms with Crippen molar-refractivity contribution >= 4 is 12.4 Å². The van der Waals surface area contributed by atoms with Gasteiger partial charge in [-0.1, -0.05) is 27.7 Å². The minimum Gasteiger partial charge on any atom is -0.319 e. The number of aryl methyl sites for hydroxylation is 1. The monoisotopic (exact) mass is 252 g/mol. The molecule has 0 saturated heterocycles. The van der Waals surface area contributed by atoms with Crippen LogP contribution in [0.5, 0.6) is 0 Å². The first-order valence-corrected chi connectivity index (χ1v) is 8.94. The zero-order valence-electron chi connectivity index (χ0n) is 12.2. The van der Waals surface area contributed by atoms with E-state index in [0.717, 1.165) is 5.30 Å². The van der Waals surface area contributed by atoms with Gasteiger partial charge in [0.1, 0.15) is 7.14 Å². The molecule has 0 aliphatic heterocycles. The lowest BCUT2D eigenvalue weighted by Crippen LogP contribution is -2.11. The fraction of sp³-hybridized carbons (Fsp3) is 0.600. The van der Waals surface area contributed by atoms with Crippen molar-refractivity contribution in [3.8, 4) is 0 Å². The molecule has 0 N–H and O–H groups in total. The van der Waals surface area contributed by atoms with Crippen LogP contribution in [0, 0.1) is 6.92 Å². The van der Waals surface area contributed by atoms with Gasteiger partial charge in [0.05, 0.1) is 0 Å². The van der Waals surface area contributed by atoms with Crippen molar-refractivity contribution in [3.63, 3.8) is 0 Å². The highest BCUT2D eigenvalue weighted by atomic mass is 31.2. The summed E-state index contributed by atoms with van der Waals surface area (Å²) in [5.74, 6) is 1.01. The second-order valence-electron chi connectivity index (χ2n) is 5.93. The highest BCUT2D eigenvalue weighted by Crippen LogP contribution is 2.38. The Bertz CT molecular complexity index is 452. The van der Waals surface area contributed by atoms with Gasteiger partial charge in [-0.05, 0) is 60.9 Å². The topological polar surface area (TPSA) is 17.1 Å². The van der Waals surface area contributed by atoms with E-state index in [4.69, 9.17) is 0 Å². The van der Waals surface area contributed by atoms with E-state index in [2.05, 4.69) is 46.8 Å². The van der Waals surface area contributed by atoms with Crippen LogP contribution in [-0.2, 0) is 4.57 Å². The van der Waals surface area contributed by atoms with Crippen LogP contribution in [0.25, 0.3) is 0 Å². The van der Waals surface area contributed by atoms with Crippen LogP contribution in [0.4, 0.5) is 0 Å². The molecule has 0 bridgehead atoms. The Kier molecular flexibility index (Phi) is 4.25. The molecule has 1 aromatic carbocycles. The molecule has 0 amide bonds. The molecule has 0 heterocycles. The summed E-state index contributed by atoms with van der Waals surface area (Å²) >= 11 is 0. The van der Waals surface area contributed by atoms with Gasteiger partial charge in [0, 0.05) is 5.30 Å². The molecular formula is C15H25OP. The maximum atomic E-state index is 12.2. The predicted octanol–water partition coefficient (Wildman–Crippen LogP) is 4.49. The zero-order chi connectivity index (χ0) is 13.4. The van der Waals surface area contributed by atoms with Gasteiger partial charge < -0.3 is 4.57 Å². The van der Waals surface area contributed by atoms with Crippen molar-refractivity contribution in [3.05, 3.63) is 28.8 Å². The van der Waals surface area contributed by atoms with Crippen molar-refractivity contribution in [2.75, 3.05) is 13.3 Å². The summed E-state index contributed by atoms with van der Waals surface area (Å²) in [6, 6.07) is 4.27. The van der Waals surface area contributed by atoms with E-state index in [1.807, 2.05) is 13.3 Å². The summed E-state index contributed by atoms with van der Waals surface area (Å²) in [4.78, 5) is 0. The average Bonchev–Trinajstić information content (AvgIpc) is 2.13. The zero-order valence-corrected chi connectivity index (χ0v) is 13.1. The second-order valence-corrected chi connectivity index (χ2v) is 9.14. The van der Waals surface area contributed by atoms with E-state index in [-0.39, 0.29) is 0 Å². The Labute approximate surface area is 106 Å². The van der Waals surface area contributed by atoms with Crippen LogP contribution in [-0.4, -0.2) is 13.3 Å². The van der Waals surface area contributed by atoms with Crippen molar-refractivity contribution < 1.29 is 4.57 Å². The summed E-state index contributed by atoms with van der Waals surface area (Å²) < 4.78 is 12.2. The maximum Gasteiger partial charge on any atom is 0.109 e. The molecule has 96 valence electrons. The molecule has 0 spiro atoms. The summed E-state index contributed by atoms with van der Waals surface area (Å²) in [5.41, 5.74) is 4.07. The average molecular weight is 252 g/mol. The van der Waals surface area contributed by atoms with Crippen molar-refractivity contribution in [2.45, 2.75) is 46.5 Å². The van der Waals surface area contributed by atoms with Crippen LogP contribution < -0.4 is 5.30 Å². The SMILES string of the molecule is Cc1cc(P(C)(C)=O)cc(C(C)C)c1C(C)C. The minimum absolute atomic E-state index is 0.484. The van der Waals surface area contributed by atoms with Gasteiger partial charge in [0.25, 0.3) is 0 Å². The molecule has 17 heavy (non-hydrogen) atoms. The Balaban J connectivity index is 3.53. The Hall–Kier alpha value is -0.550. The summed E-state index contributed by atoms with van der Waals surface area (Å²) in [6.45, 7) is 14.7. The first-order chi connectivity index (χ1) is 7.64. The van der Waals surface area contributed by atoms with Crippen LogP contribution >= 0.6 is 7.14 Å². The molecule has 1 rings (SSSR count). The number of benzene rings is 1. The maximum absolute atomic E-state index is 12.2. The molecule has 1 nitrogen and oxygen atoms in total. The first kappa shape index (κ1) is 14.5. The molecule has 0 aliphatic carbocycles. The second kappa shape index (κ2) is 4.98.